The van der Waals surface area contributed by atoms with E-state index in [1.165, 1.54) is 12.1 Å². The van der Waals surface area contributed by atoms with Gasteiger partial charge in [0.05, 0.1) is 12.8 Å². The second-order valence-electron chi connectivity index (χ2n) is 4.78. The van der Waals surface area contributed by atoms with Crippen LogP contribution in [0.4, 0.5) is 11.4 Å². The molecule has 0 atom stereocenters. The quantitative estimate of drug-likeness (QED) is 0.783. The van der Waals surface area contributed by atoms with Gasteiger partial charge >= 0.3 is 0 Å². The van der Waals surface area contributed by atoms with Gasteiger partial charge in [-0.2, -0.15) is 0 Å². The number of anilines is 2. The van der Waals surface area contributed by atoms with E-state index in [9.17, 15) is 10.2 Å². The van der Waals surface area contributed by atoms with Gasteiger partial charge in [-0.25, -0.2) is 4.98 Å². The number of pyridine rings is 1. The molecule has 0 aliphatic heterocycles. The number of phenolic OH excluding ortho intramolecular Hbond substituents is 2. The van der Waals surface area contributed by atoms with Crippen molar-refractivity contribution in [2.45, 2.75) is 6.54 Å². The van der Waals surface area contributed by atoms with Gasteiger partial charge in [-0.05, 0) is 18.2 Å². The Labute approximate surface area is 123 Å². The van der Waals surface area contributed by atoms with E-state index >= 15 is 0 Å². The second kappa shape index (κ2) is 6.21. The molecule has 0 saturated heterocycles. The number of rotatable bonds is 5. The number of ether oxygens (including phenoxy) is 1. The fraction of sp³-hybridized carbons (Fsp3) is 0.267. The summed E-state index contributed by atoms with van der Waals surface area (Å²) in [5, 5.41) is 22.3. The van der Waals surface area contributed by atoms with E-state index in [1.807, 2.05) is 25.1 Å². The van der Waals surface area contributed by atoms with Gasteiger partial charge in [0.1, 0.15) is 17.2 Å². The lowest BCUT2D eigenvalue weighted by atomic mass is 10.2. The Balaban J connectivity index is 2.26. The van der Waals surface area contributed by atoms with Gasteiger partial charge in [0.2, 0.25) is 5.88 Å². The lowest BCUT2D eigenvalue weighted by Crippen LogP contribution is -2.13. The van der Waals surface area contributed by atoms with Gasteiger partial charge in [-0.1, -0.05) is 0 Å². The summed E-state index contributed by atoms with van der Waals surface area (Å²) in [6, 6.07) is 6.38. The molecule has 1 heterocycles. The zero-order valence-corrected chi connectivity index (χ0v) is 12.3. The van der Waals surface area contributed by atoms with Gasteiger partial charge in [0.15, 0.2) is 0 Å². The van der Waals surface area contributed by atoms with Crippen molar-refractivity contribution in [3.05, 3.63) is 36.0 Å². The molecule has 2 rings (SSSR count). The first-order chi connectivity index (χ1) is 10.0. The number of aromatic nitrogens is 1. The highest BCUT2D eigenvalue weighted by molar-refractivity contribution is 5.74. The van der Waals surface area contributed by atoms with E-state index < -0.39 is 0 Å². The Kier molecular flexibility index (Phi) is 4.37. The summed E-state index contributed by atoms with van der Waals surface area (Å²) in [6.45, 7) is 0.384. The molecular formula is C15H19N3O3. The molecule has 0 amide bonds. The van der Waals surface area contributed by atoms with E-state index in [4.69, 9.17) is 4.74 Å². The minimum absolute atomic E-state index is 0.0317. The number of phenols is 2. The van der Waals surface area contributed by atoms with Crippen LogP contribution in [0.25, 0.3) is 0 Å². The molecule has 0 bridgehead atoms. The molecule has 1 aromatic carbocycles. The Morgan fingerprint density at radius 2 is 2.00 bits per heavy atom. The van der Waals surface area contributed by atoms with Crippen molar-refractivity contribution in [1.82, 2.24) is 4.98 Å². The summed E-state index contributed by atoms with van der Waals surface area (Å²) in [6.07, 6.45) is 1.68. The Morgan fingerprint density at radius 1 is 1.24 bits per heavy atom. The highest BCUT2D eigenvalue weighted by atomic mass is 16.5. The molecule has 1 aromatic heterocycles. The average molecular weight is 289 g/mol. The fourth-order valence-corrected chi connectivity index (χ4v) is 2.01. The molecule has 0 radical (unpaired) electrons. The van der Waals surface area contributed by atoms with Crippen molar-refractivity contribution >= 4 is 11.4 Å². The number of hydrogen-bond acceptors (Lipinski definition) is 6. The summed E-state index contributed by atoms with van der Waals surface area (Å²) in [5.41, 5.74) is 2.35. The van der Waals surface area contributed by atoms with E-state index in [-0.39, 0.29) is 11.5 Å². The van der Waals surface area contributed by atoms with E-state index in [0.717, 1.165) is 11.4 Å². The lowest BCUT2D eigenvalue weighted by molar-refractivity contribution is 0.399. The van der Waals surface area contributed by atoms with Crippen LogP contribution in [0.3, 0.4) is 0 Å². The van der Waals surface area contributed by atoms with Crippen molar-refractivity contribution in [3.63, 3.8) is 0 Å². The molecule has 3 N–H and O–H groups in total. The molecule has 0 aliphatic carbocycles. The minimum Gasteiger partial charge on any atom is -0.508 e. The van der Waals surface area contributed by atoms with Crippen LogP contribution in [0.1, 0.15) is 5.56 Å². The van der Waals surface area contributed by atoms with Gasteiger partial charge in [0, 0.05) is 38.5 Å². The van der Waals surface area contributed by atoms with E-state index in [1.54, 1.807) is 19.4 Å². The highest BCUT2D eigenvalue weighted by Crippen LogP contribution is 2.33. The molecule has 6 heteroatoms. The van der Waals surface area contributed by atoms with Gasteiger partial charge in [-0.3, -0.25) is 0 Å². The predicted octanol–water partition coefficient (Wildman–Crippen LogP) is 2.18. The van der Waals surface area contributed by atoms with Crippen LogP contribution in [0.15, 0.2) is 30.5 Å². The fourth-order valence-electron chi connectivity index (χ4n) is 2.01. The maximum Gasteiger partial charge on any atom is 0.239 e. The van der Waals surface area contributed by atoms with Crippen LogP contribution >= 0.6 is 0 Å². The predicted molar refractivity (Wildman–Crippen MR) is 82.2 cm³/mol. The summed E-state index contributed by atoms with van der Waals surface area (Å²) in [4.78, 5) is 6.12. The molecule has 21 heavy (non-hydrogen) atoms. The van der Waals surface area contributed by atoms with Crippen LogP contribution in [-0.2, 0) is 6.54 Å². The van der Waals surface area contributed by atoms with Gasteiger partial charge in [0.25, 0.3) is 0 Å². The maximum absolute atomic E-state index is 9.82. The molecule has 0 fully saturated rings. The lowest BCUT2D eigenvalue weighted by Gasteiger charge is -2.20. The highest BCUT2D eigenvalue weighted by Gasteiger charge is 2.12. The number of methoxy groups -OCH3 is 1. The van der Waals surface area contributed by atoms with Crippen LogP contribution in [-0.4, -0.2) is 36.4 Å². The van der Waals surface area contributed by atoms with Crippen molar-refractivity contribution in [3.8, 4) is 17.4 Å². The summed E-state index contributed by atoms with van der Waals surface area (Å²) < 4.78 is 5.27. The van der Waals surface area contributed by atoms with Crippen LogP contribution in [0, 0.1) is 0 Å². The number of hydrogen-bond donors (Lipinski definition) is 3. The zero-order valence-electron chi connectivity index (χ0n) is 12.3. The Hall–Kier alpha value is -2.63. The largest absolute Gasteiger partial charge is 0.508 e. The number of nitrogens with zero attached hydrogens (tertiary/aromatic N) is 2. The number of aromatic hydroxyl groups is 2. The van der Waals surface area contributed by atoms with Crippen molar-refractivity contribution in [2.75, 3.05) is 31.4 Å². The maximum atomic E-state index is 9.82. The minimum atomic E-state index is 0.0317. The first-order valence-corrected chi connectivity index (χ1v) is 6.48. The van der Waals surface area contributed by atoms with Crippen LogP contribution in [0.5, 0.6) is 17.4 Å². The smallest absolute Gasteiger partial charge is 0.239 e. The SMILES string of the molecule is COc1nccc(N(C)C)c1NCc1ccc(O)cc1O. The zero-order chi connectivity index (χ0) is 15.4. The van der Waals surface area contributed by atoms with Crippen molar-refractivity contribution < 1.29 is 14.9 Å². The third-order valence-electron chi connectivity index (χ3n) is 3.09. The topological polar surface area (TPSA) is 77.9 Å². The van der Waals surface area contributed by atoms with Crippen LogP contribution < -0.4 is 15.0 Å². The molecule has 0 unspecified atom stereocenters. The van der Waals surface area contributed by atoms with E-state index in [2.05, 4.69) is 10.3 Å². The molecule has 6 nitrogen and oxygen atoms in total. The summed E-state index contributed by atoms with van der Waals surface area (Å²) >= 11 is 0. The average Bonchev–Trinajstić information content (AvgIpc) is 2.45. The van der Waals surface area contributed by atoms with Crippen LogP contribution in [0.2, 0.25) is 0 Å². The number of benzene rings is 1. The van der Waals surface area contributed by atoms with Crippen molar-refractivity contribution in [2.24, 2.45) is 0 Å². The van der Waals surface area contributed by atoms with E-state index in [0.29, 0.717) is 18.0 Å². The monoisotopic (exact) mass is 289 g/mol. The van der Waals surface area contributed by atoms with Gasteiger partial charge in [-0.15, -0.1) is 0 Å². The third kappa shape index (κ3) is 3.28. The Bertz CT molecular complexity index is 630. The molecule has 0 spiro atoms. The molecular weight excluding hydrogens is 270 g/mol. The summed E-state index contributed by atoms with van der Waals surface area (Å²) in [7, 11) is 5.42. The molecule has 112 valence electrons. The molecule has 2 aromatic rings. The molecule has 0 saturated carbocycles. The first kappa shape index (κ1) is 14.8. The molecule has 0 aliphatic rings. The first-order valence-electron chi connectivity index (χ1n) is 6.48. The third-order valence-corrected chi connectivity index (χ3v) is 3.09. The second-order valence-corrected chi connectivity index (χ2v) is 4.78. The van der Waals surface area contributed by atoms with Gasteiger partial charge < -0.3 is 25.2 Å². The van der Waals surface area contributed by atoms with Crippen molar-refractivity contribution in [1.29, 1.82) is 0 Å². The normalized spacial score (nSPS) is 10.2. The summed E-state index contributed by atoms with van der Waals surface area (Å²) in [5.74, 6) is 0.556. The Morgan fingerprint density at radius 3 is 2.62 bits per heavy atom. The standard InChI is InChI=1S/C15H19N3O3/c1-18(2)12-6-7-16-15(21-3)14(12)17-9-10-4-5-11(19)8-13(10)20/h4-8,17,19-20H,9H2,1-3H3. The number of nitrogens with one attached hydrogen (secondary N) is 1.